The summed E-state index contributed by atoms with van der Waals surface area (Å²) in [5, 5.41) is 0. The summed E-state index contributed by atoms with van der Waals surface area (Å²) in [6.45, 7) is 6.04. The van der Waals surface area contributed by atoms with Crippen LogP contribution in [0.4, 0.5) is 5.69 Å². The lowest BCUT2D eigenvalue weighted by atomic mass is 9.79. The van der Waals surface area contributed by atoms with Crippen molar-refractivity contribution in [2.75, 3.05) is 31.2 Å². The first-order valence-electron chi connectivity index (χ1n) is 11.9. The van der Waals surface area contributed by atoms with Gasteiger partial charge < -0.3 is 9.64 Å². The number of benzene rings is 1. The van der Waals surface area contributed by atoms with Crippen LogP contribution in [-0.2, 0) is 9.53 Å². The normalized spacial score (nSPS) is 32.9. The summed E-state index contributed by atoms with van der Waals surface area (Å²) < 4.78 is 5.50. The first-order valence-corrected chi connectivity index (χ1v) is 11.9. The van der Waals surface area contributed by atoms with Gasteiger partial charge in [-0.05, 0) is 94.9 Å². The van der Waals surface area contributed by atoms with E-state index in [0.717, 1.165) is 56.8 Å². The van der Waals surface area contributed by atoms with Gasteiger partial charge in [0.05, 0.1) is 5.41 Å². The van der Waals surface area contributed by atoms with Crippen molar-refractivity contribution in [2.24, 2.45) is 5.41 Å². The summed E-state index contributed by atoms with van der Waals surface area (Å²) in [5.41, 5.74) is 2.40. The van der Waals surface area contributed by atoms with Crippen molar-refractivity contribution in [2.45, 2.75) is 82.7 Å². The molecule has 1 spiro atoms. The summed E-state index contributed by atoms with van der Waals surface area (Å²) in [6, 6.07) is 10.6. The van der Waals surface area contributed by atoms with Crippen LogP contribution in [0, 0.1) is 5.41 Å². The predicted molar refractivity (Wildman–Crippen MR) is 116 cm³/mol. The fraction of sp³-hybridized carbons (Fsp3) is 0.720. The Bertz CT molecular complexity index is 717. The van der Waals surface area contributed by atoms with Gasteiger partial charge in [0.1, 0.15) is 0 Å². The Kier molecular flexibility index (Phi) is 5.42. The molecule has 0 unspecified atom stereocenters. The zero-order valence-electron chi connectivity index (χ0n) is 17.9. The molecule has 0 radical (unpaired) electrons. The van der Waals surface area contributed by atoms with Crippen LogP contribution in [-0.4, -0.2) is 49.2 Å². The molecule has 1 aromatic carbocycles. The molecule has 0 bridgehead atoms. The Morgan fingerprint density at radius 1 is 0.931 bits per heavy atom. The van der Waals surface area contributed by atoms with Crippen LogP contribution in [0.2, 0.25) is 0 Å². The summed E-state index contributed by atoms with van der Waals surface area (Å²) >= 11 is 0. The summed E-state index contributed by atoms with van der Waals surface area (Å²) in [6.07, 6.45) is 10.8. The number of ether oxygens (including phenoxy) is 1. The van der Waals surface area contributed by atoms with Crippen LogP contribution in [0.1, 0.15) is 76.2 Å². The summed E-state index contributed by atoms with van der Waals surface area (Å²) in [5.74, 6) is 1.02. The standard InChI is InChI=1S/C25H36N2O2/c1-19-3-2-15-26(19)22-8-4-20(5-9-22)21-6-10-23(11-7-21)27-16-12-25(24(27)28)13-17-29-18-14-25/h6-7,10-11,19-20,22H,2-5,8-9,12-18H2,1H3/t19-,20-,22-/m0/s1. The zero-order chi connectivity index (χ0) is 19.8. The summed E-state index contributed by atoms with van der Waals surface area (Å²) in [7, 11) is 0. The maximum absolute atomic E-state index is 13.1. The maximum Gasteiger partial charge on any atom is 0.233 e. The molecule has 3 heterocycles. The molecule has 1 aromatic rings. The minimum absolute atomic E-state index is 0.151. The smallest absolute Gasteiger partial charge is 0.233 e. The number of anilines is 1. The Morgan fingerprint density at radius 2 is 1.66 bits per heavy atom. The number of hydrogen-bond donors (Lipinski definition) is 0. The highest BCUT2D eigenvalue weighted by Crippen LogP contribution is 2.43. The molecule has 158 valence electrons. The molecule has 4 fully saturated rings. The molecule has 0 aromatic heterocycles. The van der Waals surface area contributed by atoms with E-state index in [0.29, 0.717) is 11.8 Å². The van der Waals surface area contributed by atoms with Crippen molar-refractivity contribution in [3.8, 4) is 0 Å². The van der Waals surface area contributed by atoms with E-state index in [1.165, 1.54) is 50.6 Å². The van der Waals surface area contributed by atoms with Crippen molar-refractivity contribution in [3.05, 3.63) is 29.8 Å². The van der Waals surface area contributed by atoms with Gasteiger partial charge in [-0.25, -0.2) is 0 Å². The van der Waals surface area contributed by atoms with Gasteiger partial charge in [-0.15, -0.1) is 0 Å². The molecule has 29 heavy (non-hydrogen) atoms. The van der Waals surface area contributed by atoms with E-state index in [9.17, 15) is 4.79 Å². The fourth-order valence-electron chi connectivity index (χ4n) is 6.46. The van der Waals surface area contributed by atoms with Crippen LogP contribution in [0.15, 0.2) is 24.3 Å². The van der Waals surface area contributed by atoms with Gasteiger partial charge in [-0.2, -0.15) is 0 Å². The third-order valence-electron chi connectivity index (χ3n) is 8.41. The second kappa shape index (κ2) is 8.03. The van der Waals surface area contributed by atoms with Gasteiger partial charge in [-0.3, -0.25) is 9.69 Å². The number of carbonyl (C=O) groups is 1. The van der Waals surface area contributed by atoms with Crippen LogP contribution in [0.25, 0.3) is 0 Å². The number of hydrogen-bond acceptors (Lipinski definition) is 3. The number of rotatable bonds is 3. The Balaban J connectivity index is 1.21. The zero-order valence-corrected chi connectivity index (χ0v) is 17.9. The van der Waals surface area contributed by atoms with Gasteiger partial charge in [0, 0.05) is 37.5 Å². The first kappa shape index (κ1) is 19.6. The molecular formula is C25H36N2O2. The molecule has 0 N–H and O–H groups in total. The predicted octanol–water partition coefficient (Wildman–Crippen LogP) is 4.73. The number of carbonyl (C=O) groups excluding carboxylic acids is 1. The molecule has 1 amide bonds. The topological polar surface area (TPSA) is 32.8 Å². The van der Waals surface area contributed by atoms with E-state index >= 15 is 0 Å². The first-order chi connectivity index (χ1) is 14.2. The number of likely N-dealkylation sites (tertiary alicyclic amines) is 1. The average Bonchev–Trinajstić information content (AvgIpc) is 3.33. The average molecular weight is 397 g/mol. The van der Waals surface area contributed by atoms with Crippen LogP contribution < -0.4 is 4.90 Å². The van der Waals surface area contributed by atoms with E-state index in [-0.39, 0.29) is 5.41 Å². The fourth-order valence-corrected chi connectivity index (χ4v) is 6.46. The SMILES string of the molecule is C[C@H]1CCCN1[C@H]1CC[C@H](c2ccc(N3CCC4(CCOCC4)C3=O)cc2)CC1. The highest BCUT2D eigenvalue weighted by Gasteiger charge is 2.47. The van der Waals surface area contributed by atoms with Gasteiger partial charge in [-0.1, -0.05) is 12.1 Å². The van der Waals surface area contributed by atoms with Crippen LogP contribution in [0.5, 0.6) is 0 Å². The molecule has 3 aliphatic heterocycles. The van der Waals surface area contributed by atoms with Gasteiger partial charge in [0.25, 0.3) is 0 Å². The van der Waals surface area contributed by atoms with E-state index < -0.39 is 0 Å². The third kappa shape index (κ3) is 3.63. The lowest BCUT2D eigenvalue weighted by Gasteiger charge is -2.37. The van der Waals surface area contributed by atoms with Gasteiger partial charge in [0.2, 0.25) is 5.91 Å². The number of amides is 1. The van der Waals surface area contributed by atoms with Gasteiger partial charge in [0.15, 0.2) is 0 Å². The summed E-state index contributed by atoms with van der Waals surface area (Å²) in [4.78, 5) is 17.9. The largest absolute Gasteiger partial charge is 0.381 e. The molecular weight excluding hydrogens is 360 g/mol. The van der Waals surface area contributed by atoms with E-state index in [1.54, 1.807) is 0 Å². The molecule has 5 rings (SSSR count). The lowest BCUT2D eigenvalue weighted by molar-refractivity contribution is -0.130. The minimum atomic E-state index is -0.151. The number of nitrogens with zero attached hydrogens (tertiary/aromatic N) is 2. The quantitative estimate of drug-likeness (QED) is 0.740. The molecule has 1 aliphatic carbocycles. The van der Waals surface area contributed by atoms with E-state index in [2.05, 4.69) is 36.1 Å². The minimum Gasteiger partial charge on any atom is -0.381 e. The van der Waals surface area contributed by atoms with Crippen molar-refractivity contribution in [1.29, 1.82) is 0 Å². The highest BCUT2D eigenvalue weighted by molar-refractivity contribution is 5.99. The Labute approximate surface area is 175 Å². The highest BCUT2D eigenvalue weighted by atomic mass is 16.5. The van der Waals surface area contributed by atoms with Crippen molar-refractivity contribution < 1.29 is 9.53 Å². The Hall–Kier alpha value is -1.39. The molecule has 1 atom stereocenters. The second-order valence-electron chi connectivity index (χ2n) is 9.93. The van der Waals surface area contributed by atoms with E-state index in [1.807, 2.05) is 4.90 Å². The molecule has 1 saturated carbocycles. The van der Waals surface area contributed by atoms with Crippen LogP contribution >= 0.6 is 0 Å². The van der Waals surface area contributed by atoms with Crippen molar-refractivity contribution >= 4 is 11.6 Å². The van der Waals surface area contributed by atoms with Crippen LogP contribution in [0.3, 0.4) is 0 Å². The van der Waals surface area contributed by atoms with E-state index in [4.69, 9.17) is 4.74 Å². The molecule has 3 saturated heterocycles. The van der Waals surface area contributed by atoms with Crippen molar-refractivity contribution in [1.82, 2.24) is 4.90 Å². The monoisotopic (exact) mass is 396 g/mol. The van der Waals surface area contributed by atoms with Crippen molar-refractivity contribution in [3.63, 3.8) is 0 Å². The molecule has 4 heteroatoms. The maximum atomic E-state index is 13.1. The molecule has 4 aliphatic rings. The molecule has 4 nitrogen and oxygen atoms in total. The third-order valence-corrected chi connectivity index (χ3v) is 8.41. The second-order valence-corrected chi connectivity index (χ2v) is 9.93. The Morgan fingerprint density at radius 3 is 2.31 bits per heavy atom. The van der Waals surface area contributed by atoms with Gasteiger partial charge >= 0.3 is 0 Å². The lowest BCUT2D eigenvalue weighted by Crippen LogP contribution is -2.39.